The minimum atomic E-state index is 0.0986. The predicted octanol–water partition coefficient (Wildman–Crippen LogP) is 2.83. The molecule has 3 heterocycles. The number of fused-ring (bicyclic) bond motifs is 1. The van der Waals surface area contributed by atoms with Gasteiger partial charge in [0.25, 0.3) is 0 Å². The molecule has 0 bridgehead atoms. The molecule has 0 saturated carbocycles. The molecule has 3 aromatic heterocycles. The maximum atomic E-state index is 4.71. The van der Waals surface area contributed by atoms with Crippen LogP contribution in [0.15, 0.2) is 6.20 Å². The molecule has 0 aliphatic rings. The third kappa shape index (κ3) is 2.78. The van der Waals surface area contributed by atoms with Crippen molar-refractivity contribution in [3.05, 3.63) is 29.0 Å². The molecule has 23 heavy (non-hydrogen) atoms. The topological polar surface area (TPSA) is 84.3 Å². The summed E-state index contributed by atoms with van der Waals surface area (Å²) in [4.78, 5) is 9.33. The standard InChI is InChI=1S/C16H23N7/c1-6-7-13-19-15(12-8-17-23(5)16(12)20-13)18-9(2)14-10(3)21-22-11(14)4/h8-9H,6-7H2,1-5H3,(H,21,22)(H,18,19,20)/t9-/m0/s1. The maximum Gasteiger partial charge on any atom is 0.163 e. The lowest BCUT2D eigenvalue weighted by molar-refractivity contribution is 0.771. The average Bonchev–Trinajstić information content (AvgIpc) is 3.03. The lowest BCUT2D eigenvalue weighted by Gasteiger charge is -2.16. The van der Waals surface area contributed by atoms with Gasteiger partial charge >= 0.3 is 0 Å². The van der Waals surface area contributed by atoms with Gasteiger partial charge in [-0.05, 0) is 27.2 Å². The van der Waals surface area contributed by atoms with Crippen LogP contribution in [0.3, 0.4) is 0 Å². The van der Waals surface area contributed by atoms with Gasteiger partial charge in [0.2, 0.25) is 0 Å². The summed E-state index contributed by atoms with van der Waals surface area (Å²) in [6.45, 7) is 8.30. The lowest BCUT2D eigenvalue weighted by Crippen LogP contribution is -2.11. The highest BCUT2D eigenvalue weighted by molar-refractivity contribution is 5.86. The molecule has 0 aromatic carbocycles. The molecule has 0 spiro atoms. The third-order valence-corrected chi connectivity index (χ3v) is 4.08. The summed E-state index contributed by atoms with van der Waals surface area (Å²) in [7, 11) is 1.91. The van der Waals surface area contributed by atoms with E-state index in [0.29, 0.717) is 0 Å². The average molecular weight is 313 g/mol. The van der Waals surface area contributed by atoms with E-state index < -0.39 is 0 Å². The Hall–Kier alpha value is -2.44. The molecule has 0 unspecified atom stereocenters. The van der Waals surface area contributed by atoms with Crippen molar-refractivity contribution in [2.75, 3.05) is 5.32 Å². The largest absolute Gasteiger partial charge is 0.363 e. The molecule has 7 nitrogen and oxygen atoms in total. The van der Waals surface area contributed by atoms with Crippen LogP contribution in [-0.4, -0.2) is 29.9 Å². The number of aromatic amines is 1. The van der Waals surface area contributed by atoms with Gasteiger partial charge in [-0.2, -0.15) is 10.2 Å². The Labute approximate surface area is 135 Å². The highest BCUT2D eigenvalue weighted by Gasteiger charge is 2.18. The van der Waals surface area contributed by atoms with Gasteiger partial charge in [-0.3, -0.25) is 9.78 Å². The van der Waals surface area contributed by atoms with Crippen molar-refractivity contribution in [2.24, 2.45) is 7.05 Å². The van der Waals surface area contributed by atoms with E-state index in [1.54, 1.807) is 4.68 Å². The second-order valence-electron chi connectivity index (χ2n) is 5.96. The van der Waals surface area contributed by atoms with Gasteiger partial charge in [0.1, 0.15) is 11.6 Å². The Balaban J connectivity index is 2.01. The van der Waals surface area contributed by atoms with Crippen molar-refractivity contribution in [1.29, 1.82) is 0 Å². The summed E-state index contributed by atoms with van der Waals surface area (Å²) in [5.74, 6) is 1.68. The molecule has 0 saturated heterocycles. The number of nitrogens with one attached hydrogen (secondary N) is 2. The van der Waals surface area contributed by atoms with Crippen molar-refractivity contribution in [3.63, 3.8) is 0 Å². The molecule has 3 aromatic rings. The summed E-state index contributed by atoms with van der Waals surface area (Å²) in [5, 5.41) is 16.1. The minimum absolute atomic E-state index is 0.0986. The van der Waals surface area contributed by atoms with Crippen LogP contribution in [0.1, 0.15) is 49.1 Å². The van der Waals surface area contributed by atoms with Gasteiger partial charge in [-0.1, -0.05) is 6.92 Å². The summed E-state index contributed by atoms with van der Waals surface area (Å²) in [5.41, 5.74) is 4.12. The van der Waals surface area contributed by atoms with E-state index in [4.69, 9.17) is 4.98 Å². The van der Waals surface area contributed by atoms with Crippen LogP contribution < -0.4 is 5.32 Å². The highest BCUT2D eigenvalue weighted by Crippen LogP contribution is 2.27. The molecule has 0 aliphatic carbocycles. The Bertz CT molecular complexity index is 811. The fraction of sp³-hybridized carbons (Fsp3) is 0.500. The molecule has 0 aliphatic heterocycles. The van der Waals surface area contributed by atoms with Gasteiger partial charge in [0.05, 0.1) is 23.3 Å². The molecule has 0 amide bonds. The molecule has 3 rings (SSSR count). The Kier molecular flexibility index (Phi) is 4.02. The van der Waals surface area contributed by atoms with Crippen LogP contribution in [0.25, 0.3) is 11.0 Å². The Morgan fingerprint density at radius 3 is 2.74 bits per heavy atom. The van der Waals surface area contributed by atoms with E-state index >= 15 is 0 Å². The predicted molar refractivity (Wildman–Crippen MR) is 90.4 cm³/mol. The summed E-state index contributed by atoms with van der Waals surface area (Å²) < 4.78 is 1.79. The van der Waals surface area contributed by atoms with Crippen LogP contribution in [0.5, 0.6) is 0 Å². The zero-order valence-electron chi connectivity index (χ0n) is 14.3. The van der Waals surface area contributed by atoms with E-state index in [1.807, 2.05) is 27.1 Å². The molecule has 7 heteroatoms. The number of H-pyrrole nitrogens is 1. The first-order valence-electron chi connectivity index (χ1n) is 7.97. The zero-order valence-corrected chi connectivity index (χ0v) is 14.3. The molecule has 0 radical (unpaired) electrons. The van der Waals surface area contributed by atoms with Gasteiger partial charge in [-0.15, -0.1) is 0 Å². The first kappa shape index (κ1) is 15.5. The number of aromatic nitrogens is 6. The van der Waals surface area contributed by atoms with Crippen molar-refractivity contribution >= 4 is 16.9 Å². The SMILES string of the molecule is CCCc1nc(N[C@@H](C)c2c(C)n[nH]c2C)c2cnn(C)c2n1. The first-order chi connectivity index (χ1) is 11.0. The summed E-state index contributed by atoms with van der Waals surface area (Å²) in [6, 6.07) is 0.0986. The quantitative estimate of drug-likeness (QED) is 0.756. The number of aryl methyl sites for hydroxylation is 4. The van der Waals surface area contributed by atoms with Gasteiger partial charge in [-0.25, -0.2) is 9.97 Å². The van der Waals surface area contributed by atoms with Crippen molar-refractivity contribution in [2.45, 2.75) is 46.6 Å². The van der Waals surface area contributed by atoms with Crippen LogP contribution in [0.4, 0.5) is 5.82 Å². The van der Waals surface area contributed by atoms with E-state index in [-0.39, 0.29) is 6.04 Å². The van der Waals surface area contributed by atoms with Crippen LogP contribution in [-0.2, 0) is 13.5 Å². The van der Waals surface area contributed by atoms with E-state index in [0.717, 1.165) is 46.9 Å². The van der Waals surface area contributed by atoms with Crippen LogP contribution in [0.2, 0.25) is 0 Å². The normalized spacial score (nSPS) is 12.7. The monoisotopic (exact) mass is 313 g/mol. The van der Waals surface area contributed by atoms with Crippen molar-refractivity contribution < 1.29 is 0 Å². The lowest BCUT2D eigenvalue weighted by atomic mass is 10.1. The summed E-state index contributed by atoms with van der Waals surface area (Å²) >= 11 is 0. The summed E-state index contributed by atoms with van der Waals surface area (Å²) in [6.07, 6.45) is 3.68. The fourth-order valence-electron chi connectivity index (χ4n) is 2.99. The Morgan fingerprint density at radius 1 is 1.30 bits per heavy atom. The van der Waals surface area contributed by atoms with Crippen molar-refractivity contribution in [3.8, 4) is 0 Å². The number of nitrogens with zero attached hydrogens (tertiary/aromatic N) is 5. The van der Waals surface area contributed by atoms with Gasteiger partial charge in [0.15, 0.2) is 5.65 Å². The number of anilines is 1. The van der Waals surface area contributed by atoms with E-state index in [1.165, 1.54) is 5.56 Å². The van der Waals surface area contributed by atoms with Crippen molar-refractivity contribution in [1.82, 2.24) is 29.9 Å². The first-order valence-corrected chi connectivity index (χ1v) is 7.97. The second kappa shape index (κ2) is 5.98. The highest BCUT2D eigenvalue weighted by atomic mass is 15.3. The number of hydrogen-bond donors (Lipinski definition) is 2. The third-order valence-electron chi connectivity index (χ3n) is 4.08. The van der Waals surface area contributed by atoms with E-state index in [9.17, 15) is 0 Å². The molecule has 0 fully saturated rings. The molecule has 1 atom stereocenters. The maximum absolute atomic E-state index is 4.71. The van der Waals surface area contributed by atoms with E-state index in [2.05, 4.69) is 39.4 Å². The number of rotatable bonds is 5. The molecule has 122 valence electrons. The van der Waals surface area contributed by atoms with Crippen LogP contribution in [0, 0.1) is 13.8 Å². The smallest absolute Gasteiger partial charge is 0.163 e. The minimum Gasteiger partial charge on any atom is -0.363 e. The zero-order chi connectivity index (χ0) is 16.6. The van der Waals surface area contributed by atoms with Crippen LogP contribution >= 0.6 is 0 Å². The molecular formula is C16H23N7. The fourth-order valence-corrected chi connectivity index (χ4v) is 2.99. The number of hydrogen-bond acceptors (Lipinski definition) is 5. The van der Waals surface area contributed by atoms with Gasteiger partial charge in [0, 0.05) is 24.7 Å². The molecule has 2 N–H and O–H groups in total. The second-order valence-corrected chi connectivity index (χ2v) is 5.96. The van der Waals surface area contributed by atoms with Gasteiger partial charge < -0.3 is 5.32 Å². The Morgan fingerprint density at radius 2 is 2.09 bits per heavy atom. The molecular weight excluding hydrogens is 290 g/mol.